The molecule has 3 nitrogen and oxygen atoms in total. The van der Waals surface area contributed by atoms with Crippen molar-refractivity contribution in [2.75, 3.05) is 6.61 Å². The second-order valence-electron chi connectivity index (χ2n) is 9.79. The zero-order valence-corrected chi connectivity index (χ0v) is 19.8. The quantitative estimate of drug-likeness (QED) is 0.210. The van der Waals surface area contributed by atoms with Crippen LogP contribution < -0.4 is 4.74 Å². The molecule has 174 valence electrons. The van der Waals surface area contributed by atoms with Crippen LogP contribution in [0.25, 0.3) is 0 Å². The summed E-state index contributed by atoms with van der Waals surface area (Å²) in [6.45, 7) is 3.09. The van der Waals surface area contributed by atoms with E-state index in [9.17, 15) is 4.79 Å². The van der Waals surface area contributed by atoms with Gasteiger partial charge in [0.05, 0.1) is 6.61 Å². The van der Waals surface area contributed by atoms with Gasteiger partial charge in [-0.05, 0) is 50.5 Å². The first-order chi connectivity index (χ1) is 15.3. The Balaban J connectivity index is 1.40. The molecule has 2 aliphatic carbocycles. The molecule has 0 spiro atoms. The third kappa shape index (κ3) is 8.86. The summed E-state index contributed by atoms with van der Waals surface area (Å²) in [5.74, 6) is 2.01. The first kappa shape index (κ1) is 24.1. The number of benzene rings is 1. The molecule has 2 fully saturated rings. The molecule has 3 rings (SSSR count). The molecule has 2 saturated carbocycles. The van der Waals surface area contributed by atoms with Gasteiger partial charge >= 0.3 is 5.97 Å². The smallest absolute Gasteiger partial charge is 0.306 e. The lowest BCUT2D eigenvalue weighted by atomic mass is 9.81. The number of ether oxygens (including phenoxy) is 2. The van der Waals surface area contributed by atoms with E-state index in [4.69, 9.17) is 9.47 Å². The van der Waals surface area contributed by atoms with Crippen molar-refractivity contribution in [3.05, 3.63) is 29.8 Å². The molecule has 0 N–H and O–H groups in total. The predicted molar refractivity (Wildman–Crippen MR) is 128 cm³/mol. The molecule has 3 heteroatoms. The summed E-state index contributed by atoms with van der Waals surface area (Å²) in [7, 11) is 0. The van der Waals surface area contributed by atoms with Crippen molar-refractivity contribution in [1.29, 1.82) is 0 Å². The normalized spacial score (nSPS) is 21.1. The molecule has 0 bridgehead atoms. The van der Waals surface area contributed by atoms with Crippen LogP contribution in [0.4, 0.5) is 0 Å². The summed E-state index contributed by atoms with van der Waals surface area (Å²) < 4.78 is 12.2. The summed E-state index contributed by atoms with van der Waals surface area (Å²) in [6.07, 6.45) is 19.0. The molecule has 0 heterocycles. The van der Waals surface area contributed by atoms with Gasteiger partial charge in [0, 0.05) is 17.9 Å². The Hall–Kier alpha value is -1.51. The van der Waals surface area contributed by atoms with Crippen LogP contribution in [0.3, 0.4) is 0 Å². The van der Waals surface area contributed by atoms with Gasteiger partial charge in [0.15, 0.2) is 0 Å². The zero-order chi connectivity index (χ0) is 21.7. The van der Waals surface area contributed by atoms with Crippen molar-refractivity contribution in [2.24, 2.45) is 5.92 Å². The number of hydrogen-bond donors (Lipinski definition) is 0. The molecule has 0 aliphatic heterocycles. The first-order valence-electron chi connectivity index (χ1n) is 13.2. The highest BCUT2D eigenvalue weighted by atomic mass is 16.5. The maximum atomic E-state index is 12.5. The van der Waals surface area contributed by atoms with Gasteiger partial charge in [-0.25, -0.2) is 0 Å². The monoisotopic (exact) mass is 428 g/mol. The molecule has 1 aromatic carbocycles. The van der Waals surface area contributed by atoms with Crippen LogP contribution in [0.1, 0.15) is 121 Å². The fourth-order valence-corrected chi connectivity index (χ4v) is 4.81. The van der Waals surface area contributed by atoms with E-state index in [0.29, 0.717) is 6.42 Å². The van der Waals surface area contributed by atoms with Gasteiger partial charge in [0.2, 0.25) is 0 Å². The van der Waals surface area contributed by atoms with Crippen molar-refractivity contribution in [2.45, 2.75) is 122 Å². The number of unbranched alkanes of at least 4 members (excludes halogenated alkanes) is 8. The fourth-order valence-electron chi connectivity index (χ4n) is 4.81. The Labute approximate surface area is 190 Å². The van der Waals surface area contributed by atoms with E-state index in [1.807, 2.05) is 0 Å². The first-order valence-corrected chi connectivity index (χ1v) is 13.2. The lowest BCUT2D eigenvalue weighted by Crippen LogP contribution is -2.29. The van der Waals surface area contributed by atoms with Crippen LogP contribution in [0.2, 0.25) is 0 Å². The molecule has 31 heavy (non-hydrogen) atoms. The molecule has 2 aliphatic rings. The molecule has 0 amide bonds. The van der Waals surface area contributed by atoms with Gasteiger partial charge in [-0.1, -0.05) is 82.9 Å². The fraction of sp³-hybridized carbons (Fsp3) is 0.750. The Kier molecular flexibility index (Phi) is 10.8. The highest BCUT2D eigenvalue weighted by Gasteiger charge is 2.32. The van der Waals surface area contributed by atoms with Crippen molar-refractivity contribution in [3.63, 3.8) is 0 Å². The van der Waals surface area contributed by atoms with Gasteiger partial charge in [0.1, 0.15) is 11.9 Å². The Morgan fingerprint density at radius 3 is 2.29 bits per heavy atom. The molecule has 0 saturated heterocycles. The molecule has 1 aromatic rings. The number of carbonyl (C=O) groups is 1. The van der Waals surface area contributed by atoms with E-state index in [2.05, 4.69) is 31.2 Å². The average molecular weight is 429 g/mol. The lowest BCUT2D eigenvalue weighted by Gasteiger charge is -2.32. The summed E-state index contributed by atoms with van der Waals surface area (Å²) in [5, 5.41) is 0. The minimum Gasteiger partial charge on any atom is -0.493 e. The lowest BCUT2D eigenvalue weighted by molar-refractivity contribution is -0.151. The van der Waals surface area contributed by atoms with E-state index in [-0.39, 0.29) is 18.0 Å². The summed E-state index contributed by atoms with van der Waals surface area (Å²) in [4.78, 5) is 12.5. The van der Waals surface area contributed by atoms with Crippen molar-refractivity contribution in [1.82, 2.24) is 0 Å². The molecule has 2 unspecified atom stereocenters. The Morgan fingerprint density at radius 1 is 0.871 bits per heavy atom. The van der Waals surface area contributed by atoms with Crippen LogP contribution in [-0.2, 0) is 9.53 Å². The molecular weight excluding hydrogens is 384 g/mol. The topological polar surface area (TPSA) is 35.5 Å². The van der Waals surface area contributed by atoms with E-state index < -0.39 is 0 Å². The summed E-state index contributed by atoms with van der Waals surface area (Å²) in [5.41, 5.74) is 1.24. The number of hydrogen-bond acceptors (Lipinski definition) is 3. The molecule has 0 aromatic heterocycles. The minimum absolute atomic E-state index is 0.00349. The SMILES string of the molecule is CCCCCCCCCCCC(=O)OC1CCCCC1c1ccccc1OCC1CC1. The predicted octanol–water partition coefficient (Wildman–Crippen LogP) is 7.97. The maximum absolute atomic E-state index is 12.5. The van der Waals surface area contributed by atoms with Gasteiger partial charge in [-0.15, -0.1) is 0 Å². The third-order valence-electron chi connectivity index (χ3n) is 6.96. The maximum Gasteiger partial charge on any atom is 0.306 e. The van der Waals surface area contributed by atoms with Crippen LogP contribution in [0, 0.1) is 5.92 Å². The van der Waals surface area contributed by atoms with Gasteiger partial charge in [-0.2, -0.15) is 0 Å². The molecular formula is C28H44O3. The highest BCUT2D eigenvalue weighted by Crippen LogP contribution is 2.40. The van der Waals surface area contributed by atoms with E-state index in [1.54, 1.807) is 0 Å². The van der Waals surface area contributed by atoms with Crippen molar-refractivity contribution in [3.8, 4) is 5.75 Å². The van der Waals surface area contributed by atoms with Gasteiger partial charge in [0.25, 0.3) is 0 Å². The molecule has 2 atom stereocenters. The van der Waals surface area contributed by atoms with Crippen LogP contribution in [0.5, 0.6) is 5.75 Å². The summed E-state index contributed by atoms with van der Waals surface area (Å²) in [6, 6.07) is 8.42. The largest absolute Gasteiger partial charge is 0.493 e. The number of carbonyl (C=O) groups excluding carboxylic acids is 1. The van der Waals surface area contributed by atoms with Crippen molar-refractivity contribution < 1.29 is 14.3 Å². The summed E-state index contributed by atoms with van der Waals surface area (Å²) >= 11 is 0. The average Bonchev–Trinajstić information content (AvgIpc) is 3.62. The zero-order valence-electron chi connectivity index (χ0n) is 19.8. The van der Waals surface area contributed by atoms with Crippen molar-refractivity contribution >= 4 is 5.97 Å². The highest BCUT2D eigenvalue weighted by molar-refractivity contribution is 5.69. The number of para-hydroxylation sites is 1. The van der Waals surface area contributed by atoms with Gasteiger partial charge in [-0.3, -0.25) is 4.79 Å². The molecule has 0 radical (unpaired) electrons. The van der Waals surface area contributed by atoms with E-state index in [0.717, 1.165) is 50.4 Å². The number of esters is 1. The van der Waals surface area contributed by atoms with Gasteiger partial charge < -0.3 is 9.47 Å². The number of rotatable bonds is 15. The Bertz CT molecular complexity index is 637. The van der Waals surface area contributed by atoms with E-state index in [1.165, 1.54) is 69.8 Å². The second kappa shape index (κ2) is 13.8. The van der Waals surface area contributed by atoms with Crippen LogP contribution in [-0.4, -0.2) is 18.7 Å². The van der Waals surface area contributed by atoms with Crippen LogP contribution >= 0.6 is 0 Å². The minimum atomic E-state index is -0.00349. The van der Waals surface area contributed by atoms with E-state index >= 15 is 0 Å². The standard InChI is InChI=1S/C28H44O3/c1-2-3-4-5-6-7-8-9-10-19-28(29)31-27-18-14-12-16-25(27)24-15-11-13-17-26(24)30-22-23-20-21-23/h11,13,15,17,23,25,27H,2-10,12,14,16,18-22H2,1H3. The second-order valence-corrected chi connectivity index (χ2v) is 9.79. The third-order valence-corrected chi connectivity index (χ3v) is 6.96. The Morgan fingerprint density at radius 2 is 1.55 bits per heavy atom. The van der Waals surface area contributed by atoms with Crippen LogP contribution in [0.15, 0.2) is 24.3 Å².